The maximum atomic E-state index is 10.7. The van der Waals surface area contributed by atoms with Crippen LogP contribution < -0.4 is 5.32 Å². The zero-order valence-corrected chi connectivity index (χ0v) is 9.38. The SMILES string of the molecule is CC#CCCNc1cc(C(=O)O)nc(Cl)n1. The fourth-order valence-corrected chi connectivity index (χ4v) is 1.18. The average Bonchev–Trinajstić information content (AvgIpc) is 2.23. The summed E-state index contributed by atoms with van der Waals surface area (Å²) in [6.45, 7) is 2.33. The van der Waals surface area contributed by atoms with Crippen LogP contribution in [0.25, 0.3) is 0 Å². The van der Waals surface area contributed by atoms with Crippen LogP contribution in [0.15, 0.2) is 6.07 Å². The summed E-state index contributed by atoms with van der Waals surface area (Å²) in [6, 6.07) is 1.33. The van der Waals surface area contributed by atoms with Gasteiger partial charge < -0.3 is 10.4 Å². The molecule has 84 valence electrons. The second kappa shape index (κ2) is 5.93. The third-order valence-electron chi connectivity index (χ3n) is 1.65. The number of nitrogens with one attached hydrogen (secondary N) is 1. The normalized spacial score (nSPS) is 9.12. The van der Waals surface area contributed by atoms with Gasteiger partial charge in [-0.05, 0) is 18.5 Å². The molecule has 6 heteroatoms. The van der Waals surface area contributed by atoms with Crippen molar-refractivity contribution < 1.29 is 9.90 Å². The molecule has 0 unspecified atom stereocenters. The standard InChI is InChI=1S/C10H10ClN3O2/c1-2-3-4-5-12-8-6-7(9(15)16)13-10(11)14-8/h6H,4-5H2,1H3,(H,15,16)(H,12,13,14). The molecule has 0 aromatic carbocycles. The predicted molar refractivity (Wildman–Crippen MR) is 60.6 cm³/mol. The van der Waals surface area contributed by atoms with Crippen molar-refractivity contribution >= 4 is 23.4 Å². The topological polar surface area (TPSA) is 75.1 Å². The van der Waals surface area contributed by atoms with E-state index in [2.05, 4.69) is 27.1 Å². The quantitative estimate of drug-likeness (QED) is 0.475. The molecule has 1 aromatic rings. The van der Waals surface area contributed by atoms with E-state index in [9.17, 15) is 4.79 Å². The lowest BCUT2D eigenvalue weighted by atomic mass is 10.3. The molecule has 0 saturated carbocycles. The summed E-state index contributed by atoms with van der Waals surface area (Å²) in [5, 5.41) is 11.6. The molecule has 0 atom stereocenters. The lowest BCUT2D eigenvalue weighted by Crippen LogP contribution is -2.07. The van der Waals surface area contributed by atoms with Gasteiger partial charge in [-0.1, -0.05) is 0 Å². The van der Waals surface area contributed by atoms with Crippen LogP contribution in [-0.4, -0.2) is 27.6 Å². The van der Waals surface area contributed by atoms with E-state index in [-0.39, 0.29) is 11.0 Å². The van der Waals surface area contributed by atoms with Crippen molar-refractivity contribution in [1.29, 1.82) is 0 Å². The van der Waals surface area contributed by atoms with Gasteiger partial charge in [0.05, 0.1) is 0 Å². The molecule has 0 bridgehead atoms. The van der Waals surface area contributed by atoms with Crippen molar-refractivity contribution in [1.82, 2.24) is 9.97 Å². The molecular formula is C10H10ClN3O2. The number of anilines is 1. The molecule has 16 heavy (non-hydrogen) atoms. The van der Waals surface area contributed by atoms with Crippen LogP contribution >= 0.6 is 11.6 Å². The smallest absolute Gasteiger partial charge is 0.354 e. The third-order valence-corrected chi connectivity index (χ3v) is 1.82. The van der Waals surface area contributed by atoms with Crippen molar-refractivity contribution in [3.63, 3.8) is 0 Å². The van der Waals surface area contributed by atoms with Gasteiger partial charge in [-0.3, -0.25) is 0 Å². The molecule has 0 radical (unpaired) electrons. The van der Waals surface area contributed by atoms with Crippen molar-refractivity contribution in [2.45, 2.75) is 13.3 Å². The molecule has 0 aliphatic heterocycles. The van der Waals surface area contributed by atoms with E-state index in [1.54, 1.807) is 6.92 Å². The number of nitrogens with zero attached hydrogens (tertiary/aromatic N) is 2. The van der Waals surface area contributed by atoms with Crippen LogP contribution in [0, 0.1) is 11.8 Å². The Hall–Kier alpha value is -1.80. The number of aromatic nitrogens is 2. The van der Waals surface area contributed by atoms with Gasteiger partial charge in [0.1, 0.15) is 5.82 Å². The average molecular weight is 240 g/mol. The van der Waals surface area contributed by atoms with E-state index in [1.807, 2.05) is 0 Å². The van der Waals surface area contributed by atoms with E-state index in [0.29, 0.717) is 18.8 Å². The monoisotopic (exact) mass is 239 g/mol. The minimum Gasteiger partial charge on any atom is -0.477 e. The molecule has 2 N–H and O–H groups in total. The molecule has 0 aliphatic carbocycles. The van der Waals surface area contributed by atoms with E-state index in [4.69, 9.17) is 16.7 Å². The van der Waals surface area contributed by atoms with Crippen molar-refractivity contribution in [3.05, 3.63) is 17.0 Å². The van der Waals surface area contributed by atoms with Crippen molar-refractivity contribution in [3.8, 4) is 11.8 Å². The van der Waals surface area contributed by atoms with Gasteiger partial charge in [0.2, 0.25) is 5.28 Å². The summed E-state index contributed by atoms with van der Waals surface area (Å²) >= 11 is 5.58. The van der Waals surface area contributed by atoms with Gasteiger partial charge >= 0.3 is 5.97 Å². The zero-order chi connectivity index (χ0) is 12.0. The van der Waals surface area contributed by atoms with E-state index in [1.165, 1.54) is 6.07 Å². The summed E-state index contributed by atoms with van der Waals surface area (Å²) < 4.78 is 0. The highest BCUT2D eigenvalue weighted by Crippen LogP contribution is 2.10. The first-order chi connectivity index (χ1) is 7.63. The Morgan fingerprint density at radius 3 is 3.00 bits per heavy atom. The summed E-state index contributed by atoms with van der Waals surface area (Å²) in [5.41, 5.74) is -0.135. The van der Waals surface area contributed by atoms with Crippen LogP contribution in [-0.2, 0) is 0 Å². The molecule has 1 rings (SSSR count). The van der Waals surface area contributed by atoms with E-state index in [0.717, 1.165) is 0 Å². The largest absolute Gasteiger partial charge is 0.477 e. The van der Waals surface area contributed by atoms with Gasteiger partial charge in [0.15, 0.2) is 5.69 Å². The third kappa shape index (κ3) is 3.75. The Morgan fingerprint density at radius 2 is 2.38 bits per heavy atom. The molecule has 1 heterocycles. The fraction of sp³-hybridized carbons (Fsp3) is 0.300. The highest BCUT2D eigenvalue weighted by molar-refractivity contribution is 6.28. The molecule has 0 saturated heterocycles. The fourth-order valence-electron chi connectivity index (χ4n) is 0.996. The highest BCUT2D eigenvalue weighted by Gasteiger charge is 2.08. The van der Waals surface area contributed by atoms with Gasteiger partial charge in [0.25, 0.3) is 0 Å². The molecule has 0 spiro atoms. The van der Waals surface area contributed by atoms with Crippen LogP contribution in [0.5, 0.6) is 0 Å². The number of carboxylic acid groups (broad SMARTS) is 1. The second-order valence-corrected chi connectivity index (χ2v) is 3.15. The second-order valence-electron chi connectivity index (χ2n) is 2.82. The Bertz CT molecular complexity index is 451. The maximum absolute atomic E-state index is 10.7. The van der Waals surface area contributed by atoms with Gasteiger partial charge in [-0.25, -0.2) is 14.8 Å². The summed E-state index contributed by atoms with van der Waals surface area (Å²) in [6.07, 6.45) is 0.653. The van der Waals surface area contributed by atoms with E-state index >= 15 is 0 Å². The number of halogens is 1. The number of hydrogen-bond donors (Lipinski definition) is 2. The Labute approximate surface area is 97.9 Å². The maximum Gasteiger partial charge on any atom is 0.354 e. The zero-order valence-electron chi connectivity index (χ0n) is 8.62. The number of aromatic carboxylic acids is 1. The summed E-state index contributed by atoms with van der Waals surface area (Å²) in [5.74, 6) is 4.86. The summed E-state index contributed by atoms with van der Waals surface area (Å²) in [7, 11) is 0. The Kier molecular flexibility index (Phi) is 4.55. The molecular weight excluding hydrogens is 230 g/mol. The van der Waals surface area contributed by atoms with Crippen LogP contribution in [0.3, 0.4) is 0 Å². The molecule has 5 nitrogen and oxygen atoms in total. The Morgan fingerprint density at radius 1 is 1.62 bits per heavy atom. The highest BCUT2D eigenvalue weighted by atomic mass is 35.5. The van der Waals surface area contributed by atoms with Gasteiger partial charge in [-0.15, -0.1) is 11.8 Å². The Balaban J connectivity index is 2.71. The lowest BCUT2D eigenvalue weighted by molar-refractivity contribution is 0.0690. The molecule has 0 fully saturated rings. The van der Waals surface area contributed by atoms with E-state index < -0.39 is 5.97 Å². The lowest BCUT2D eigenvalue weighted by Gasteiger charge is -2.04. The minimum absolute atomic E-state index is 0.0935. The molecule has 1 aromatic heterocycles. The first-order valence-electron chi connectivity index (χ1n) is 4.55. The van der Waals surface area contributed by atoms with Crippen LogP contribution in [0.1, 0.15) is 23.8 Å². The number of rotatable bonds is 4. The molecule has 0 aliphatic rings. The molecule has 0 amide bonds. The first-order valence-corrected chi connectivity index (χ1v) is 4.92. The minimum atomic E-state index is -1.14. The van der Waals surface area contributed by atoms with Crippen molar-refractivity contribution in [2.75, 3.05) is 11.9 Å². The van der Waals surface area contributed by atoms with Crippen LogP contribution in [0.4, 0.5) is 5.82 Å². The number of carboxylic acids is 1. The number of carbonyl (C=O) groups is 1. The van der Waals surface area contributed by atoms with Crippen molar-refractivity contribution in [2.24, 2.45) is 0 Å². The predicted octanol–water partition coefficient (Wildman–Crippen LogP) is 1.65. The van der Waals surface area contributed by atoms with Gasteiger partial charge in [0, 0.05) is 19.0 Å². The summed E-state index contributed by atoms with van der Waals surface area (Å²) in [4.78, 5) is 18.1. The first kappa shape index (κ1) is 12.3. The number of hydrogen-bond acceptors (Lipinski definition) is 4. The van der Waals surface area contributed by atoms with Gasteiger partial charge in [-0.2, -0.15) is 0 Å². The van der Waals surface area contributed by atoms with Crippen LogP contribution in [0.2, 0.25) is 5.28 Å².